The molecule has 2 nitrogen and oxygen atoms in total. The number of carbonyl (C=O) groups is 1. The van der Waals surface area contributed by atoms with E-state index in [-0.39, 0.29) is 12.2 Å². The molecule has 0 fully saturated rings. The van der Waals surface area contributed by atoms with Crippen LogP contribution in [-0.4, -0.2) is 5.78 Å². The minimum atomic E-state index is 0.0236. The molecule has 0 spiro atoms. The monoisotopic (exact) mass is 215 g/mol. The van der Waals surface area contributed by atoms with Gasteiger partial charge in [0.15, 0.2) is 0 Å². The summed E-state index contributed by atoms with van der Waals surface area (Å²) >= 11 is 0. The normalized spacial score (nSPS) is 10.1. The molecule has 0 saturated heterocycles. The zero-order chi connectivity index (χ0) is 12.0. The number of hydrogen-bond acceptors (Lipinski definition) is 2. The van der Waals surface area contributed by atoms with Crippen molar-refractivity contribution in [2.45, 2.75) is 39.0 Å². The molecule has 0 radical (unpaired) electrons. The van der Waals surface area contributed by atoms with Crippen molar-refractivity contribution < 1.29 is 4.79 Å². The topological polar surface area (TPSA) is 40.9 Å². The van der Waals surface area contributed by atoms with Gasteiger partial charge in [-0.1, -0.05) is 38.1 Å². The summed E-state index contributed by atoms with van der Waals surface area (Å²) in [5.74, 6) is 0.560. The second kappa shape index (κ2) is 6.07. The van der Waals surface area contributed by atoms with E-state index in [4.69, 9.17) is 5.26 Å². The summed E-state index contributed by atoms with van der Waals surface area (Å²) in [6.45, 7) is 4.32. The Bertz CT molecular complexity index is 384. The number of hydrogen-bond donors (Lipinski definition) is 0. The predicted octanol–water partition coefficient (Wildman–Crippen LogP) is 3.23. The summed E-state index contributed by atoms with van der Waals surface area (Å²) in [6, 6.07) is 10.2. The molecular formula is C14H17NO. The molecule has 0 aliphatic carbocycles. The van der Waals surface area contributed by atoms with Crippen LogP contribution in [0.1, 0.15) is 43.7 Å². The van der Waals surface area contributed by atoms with Gasteiger partial charge < -0.3 is 0 Å². The predicted molar refractivity (Wildman–Crippen MR) is 64.1 cm³/mol. The van der Waals surface area contributed by atoms with Gasteiger partial charge in [0.2, 0.25) is 0 Å². The molecule has 0 unspecified atom stereocenters. The molecule has 0 aromatic heterocycles. The summed E-state index contributed by atoms with van der Waals surface area (Å²) < 4.78 is 0. The Morgan fingerprint density at radius 3 is 2.44 bits per heavy atom. The highest BCUT2D eigenvalue weighted by Gasteiger charge is 2.03. The van der Waals surface area contributed by atoms with Crippen LogP contribution in [0.25, 0.3) is 0 Å². The number of ketones is 1. The van der Waals surface area contributed by atoms with E-state index >= 15 is 0 Å². The Balaban J connectivity index is 2.50. The van der Waals surface area contributed by atoms with Crippen LogP contribution in [0.5, 0.6) is 0 Å². The number of nitrogens with zero attached hydrogens (tertiary/aromatic N) is 1. The van der Waals surface area contributed by atoms with E-state index < -0.39 is 0 Å². The number of Topliss-reactive ketones (excluding diaryl/α,β-unsaturated/α-hetero) is 1. The number of benzene rings is 1. The van der Waals surface area contributed by atoms with Crippen LogP contribution < -0.4 is 0 Å². The van der Waals surface area contributed by atoms with E-state index in [1.165, 1.54) is 5.56 Å². The molecule has 1 aromatic carbocycles. The maximum absolute atomic E-state index is 11.2. The van der Waals surface area contributed by atoms with Crippen molar-refractivity contribution in [1.29, 1.82) is 5.26 Å². The minimum Gasteiger partial charge on any atom is -0.299 e. The van der Waals surface area contributed by atoms with Gasteiger partial charge in [0.1, 0.15) is 5.78 Å². The van der Waals surface area contributed by atoms with E-state index in [0.29, 0.717) is 12.3 Å². The van der Waals surface area contributed by atoms with Crippen LogP contribution >= 0.6 is 0 Å². The molecule has 1 rings (SSSR count). The fourth-order valence-corrected chi connectivity index (χ4v) is 1.53. The van der Waals surface area contributed by atoms with Crippen LogP contribution in [0.3, 0.4) is 0 Å². The van der Waals surface area contributed by atoms with E-state index in [2.05, 4.69) is 38.1 Å². The van der Waals surface area contributed by atoms with Crippen molar-refractivity contribution in [3.63, 3.8) is 0 Å². The van der Waals surface area contributed by atoms with Crippen molar-refractivity contribution in [3.8, 4) is 6.07 Å². The molecule has 1 aromatic rings. The summed E-state index contributed by atoms with van der Waals surface area (Å²) in [5, 5.41) is 8.36. The zero-order valence-electron chi connectivity index (χ0n) is 9.86. The van der Waals surface area contributed by atoms with E-state index in [1.807, 2.05) is 6.07 Å². The molecule has 0 aliphatic heterocycles. The molecule has 0 bridgehead atoms. The first-order valence-corrected chi connectivity index (χ1v) is 5.61. The highest BCUT2D eigenvalue weighted by molar-refractivity contribution is 5.80. The van der Waals surface area contributed by atoms with E-state index in [0.717, 1.165) is 12.0 Å². The zero-order valence-corrected chi connectivity index (χ0v) is 9.86. The number of nitriles is 1. The Hall–Kier alpha value is -1.62. The number of carbonyl (C=O) groups excluding carboxylic acids is 1. The molecular weight excluding hydrogens is 198 g/mol. The minimum absolute atomic E-state index is 0.0236. The Kier molecular flexibility index (Phi) is 4.72. The van der Waals surface area contributed by atoms with Crippen molar-refractivity contribution in [1.82, 2.24) is 0 Å². The molecule has 0 N–H and O–H groups in total. The van der Waals surface area contributed by atoms with Crippen molar-refractivity contribution in [2.24, 2.45) is 0 Å². The lowest BCUT2D eigenvalue weighted by atomic mass is 9.99. The fourth-order valence-electron chi connectivity index (χ4n) is 1.53. The highest BCUT2D eigenvalue weighted by atomic mass is 16.1. The second-order valence-corrected chi connectivity index (χ2v) is 4.27. The third-order valence-corrected chi connectivity index (χ3v) is 2.62. The van der Waals surface area contributed by atoms with Crippen molar-refractivity contribution in [2.75, 3.05) is 0 Å². The van der Waals surface area contributed by atoms with Crippen LogP contribution in [-0.2, 0) is 11.2 Å². The molecule has 0 atom stereocenters. The molecule has 16 heavy (non-hydrogen) atoms. The number of aryl methyl sites for hydroxylation is 1. The Morgan fingerprint density at radius 1 is 1.31 bits per heavy atom. The molecule has 0 amide bonds. The van der Waals surface area contributed by atoms with Gasteiger partial charge in [-0.3, -0.25) is 4.79 Å². The van der Waals surface area contributed by atoms with Crippen LogP contribution in [0.2, 0.25) is 0 Å². The fraction of sp³-hybridized carbons (Fsp3) is 0.429. The lowest BCUT2D eigenvalue weighted by Gasteiger charge is -2.06. The van der Waals surface area contributed by atoms with Crippen molar-refractivity contribution in [3.05, 3.63) is 35.4 Å². The quantitative estimate of drug-likeness (QED) is 0.756. The van der Waals surface area contributed by atoms with Crippen LogP contribution in [0.15, 0.2) is 24.3 Å². The SMILES string of the molecule is CC(C)c1ccc(CCC(=O)CC#N)cc1. The van der Waals surface area contributed by atoms with Gasteiger partial charge in [-0.15, -0.1) is 0 Å². The summed E-state index contributed by atoms with van der Waals surface area (Å²) in [6.07, 6.45) is 1.23. The smallest absolute Gasteiger partial charge is 0.147 e. The average molecular weight is 215 g/mol. The Labute approximate surface area is 96.9 Å². The highest BCUT2D eigenvalue weighted by Crippen LogP contribution is 2.15. The van der Waals surface area contributed by atoms with Gasteiger partial charge in [-0.25, -0.2) is 0 Å². The van der Waals surface area contributed by atoms with E-state index in [1.54, 1.807) is 0 Å². The lowest BCUT2D eigenvalue weighted by Crippen LogP contribution is -1.98. The van der Waals surface area contributed by atoms with Gasteiger partial charge in [-0.2, -0.15) is 5.26 Å². The van der Waals surface area contributed by atoms with Crippen LogP contribution in [0, 0.1) is 11.3 Å². The Morgan fingerprint density at radius 2 is 1.94 bits per heavy atom. The lowest BCUT2D eigenvalue weighted by molar-refractivity contribution is -0.118. The van der Waals surface area contributed by atoms with Gasteiger partial charge in [0.05, 0.1) is 12.5 Å². The van der Waals surface area contributed by atoms with E-state index in [9.17, 15) is 4.79 Å². The summed E-state index contributed by atoms with van der Waals surface area (Å²) in [4.78, 5) is 11.2. The van der Waals surface area contributed by atoms with Gasteiger partial charge >= 0.3 is 0 Å². The molecule has 0 heterocycles. The standard InChI is InChI=1S/C14H17NO/c1-11(2)13-6-3-12(4-7-13)5-8-14(16)9-10-15/h3-4,6-7,11H,5,8-9H2,1-2H3. The first-order valence-electron chi connectivity index (χ1n) is 5.61. The maximum atomic E-state index is 11.2. The van der Waals surface area contributed by atoms with Gasteiger partial charge in [0.25, 0.3) is 0 Å². The molecule has 0 aliphatic rings. The first-order chi connectivity index (χ1) is 7.63. The molecule has 0 saturated carbocycles. The maximum Gasteiger partial charge on any atom is 0.147 e. The van der Waals surface area contributed by atoms with Gasteiger partial charge in [0, 0.05) is 6.42 Å². The second-order valence-electron chi connectivity index (χ2n) is 4.27. The molecule has 84 valence electrons. The first kappa shape index (κ1) is 12.4. The molecule has 2 heteroatoms. The van der Waals surface area contributed by atoms with Crippen LogP contribution in [0.4, 0.5) is 0 Å². The third-order valence-electron chi connectivity index (χ3n) is 2.62. The third kappa shape index (κ3) is 3.86. The largest absolute Gasteiger partial charge is 0.299 e. The summed E-state index contributed by atoms with van der Waals surface area (Å²) in [5.41, 5.74) is 2.47. The van der Waals surface area contributed by atoms with Crippen molar-refractivity contribution >= 4 is 5.78 Å². The number of rotatable bonds is 5. The average Bonchev–Trinajstić information content (AvgIpc) is 2.27. The van der Waals surface area contributed by atoms with Gasteiger partial charge in [-0.05, 0) is 23.5 Å². The summed E-state index contributed by atoms with van der Waals surface area (Å²) in [7, 11) is 0.